The highest BCUT2D eigenvalue weighted by Crippen LogP contribution is 2.25. The van der Waals surface area contributed by atoms with Crippen LogP contribution in [0.4, 0.5) is 0 Å². The van der Waals surface area contributed by atoms with Gasteiger partial charge in [0, 0.05) is 38.1 Å². The molecular weight excluding hydrogens is 523 g/mol. The SMILES string of the molecule is Cc1ccc(C)c(CCl)c1.Cc1ccc(C)c(CSC2C=CC=CN2C)c1.Cn1ccccc1=S.[Cl-]. The van der Waals surface area contributed by atoms with Crippen molar-refractivity contribution in [2.24, 2.45) is 7.05 Å². The van der Waals surface area contributed by atoms with E-state index in [1.165, 1.54) is 33.4 Å². The fourth-order valence-corrected chi connectivity index (χ4v) is 4.92. The summed E-state index contributed by atoms with van der Waals surface area (Å²) in [5, 5.41) is 0.458. The molecule has 2 aromatic carbocycles. The van der Waals surface area contributed by atoms with Gasteiger partial charge in [-0.2, -0.15) is 0 Å². The zero-order valence-electron chi connectivity index (χ0n) is 22.0. The van der Waals surface area contributed by atoms with Crippen molar-refractivity contribution < 1.29 is 12.4 Å². The molecule has 2 nitrogen and oxygen atoms in total. The van der Waals surface area contributed by atoms with Gasteiger partial charge < -0.3 is 21.9 Å². The third kappa shape index (κ3) is 11.0. The number of alkyl halides is 1. The van der Waals surface area contributed by atoms with Crippen molar-refractivity contribution in [3.63, 3.8) is 0 Å². The van der Waals surface area contributed by atoms with Crippen molar-refractivity contribution in [2.75, 3.05) is 7.05 Å². The summed E-state index contributed by atoms with van der Waals surface area (Å²) in [5.41, 5.74) is 7.98. The molecular formula is C30H37Cl2N2S2-. The number of pyridine rings is 1. The molecule has 3 aromatic rings. The molecule has 0 amide bonds. The molecule has 0 bridgehead atoms. The lowest BCUT2D eigenvalue weighted by atomic mass is 10.1. The van der Waals surface area contributed by atoms with Gasteiger partial charge in [-0.25, -0.2) is 0 Å². The minimum atomic E-state index is 0. The van der Waals surface area contributed by atoms with Crippen LogP contribution in [0.25, 0.3) is 0 Å². The molecule has 0 aliphatic carbocycles. The Bertz CT molecular complexity index is 1200. The number of benzene rings is 2. The molecule has 1 atom stereocenters. The first-order valence-corrected chi connectivity index (χ1v) is 13.7. The summed E-state index contributed by atoms with van der Waals surface area (Å²) < 4.78 is 2.77. The van der Waals surface area contributed by atoms with Gasteiger partial charge in [0.25, 0.3) is 0 Å². The first-order valence-electron chi connectivity index (χ1n) is 11.7. The van der Waals surface area contributed by atoms with E-state index in [0.717, 1.165) is 10.4 Å². The average molecular weight is 561 g/mol. The van der Waals surface area contributed by atoms with Gasteiger partial charge in [0.2, 0.25) is 0 Å². The van der Waals surface area contributed by atoms with Crippen LogP contribution in [0.3, 0.4) is 0 Å². The van der Waals surface area contributed by atoms with Gasteiger partial charge in [-0.05, 0) is 68.2 Å². The quantitative estimate of drug-likeness (QED) is 0.300. The molecule has 1 aliphatic rings. The predicted molar refractivity (Wildman–Crippen MR) is 159 cm³/mol. The maximum absolute atomic E-state index is 5.70. The molecule has 0 saturated carbocycles. The van der Waals surface area contributed by atoms with Crippen molar-refractivity contribution in [1.29, 1.82) is 0 Å². The fraction of sp³-hybridized carbons (Fsp3) is 0.300. The molecule has 1 aromatic heterocycles. The number of aryl methyl sites for hydroxylation is 5. The second-order valence-corrected chi connectivity index (χ2v) is 10.5. The highest BCUT2D eigenvalue weighted by Gasteiger charge is 2.11. The second-order valence-electron chi connectivity index (χ2n) is 8.74. The maximum Gasteiger partial charge on any atom is 0.105 e. The molecule has 0 fully saturated rings. The third-order valence-electron chi connectivity index (χ3n) is 5.68. The summed E-state index contributed by atoms with van der Waals surface area (Å²) in [6, 6.07) is 18.8. The van der Waals surface area contributed by atoms with Crippen LogP contribution in [0.2, 0.25) is 0 Å². The van der Waals surface area contributed by atoms with E-state index in [0.29, 0.717) is 11.3 Å². The lowest BCUT2D eigenvalue weighted by Crippen LogP contribution is -3.00. The molecule has 0 spiro atoms. The number of aromatic nitrogens is 1. The van der Waals surface area contributed by atoms with Gasteiger partial charge in [-0.3, -0.25) is 0 Å². The number of hydrogen-bond donors (Lipinski definition) is 0. The summed E-state index contributed by atoms with van der Waals surface area (Å²) in [5.74, 6) is 1.69. The lowest BCUT2D eigenvalue weighted by molar-refractivity contribution is -0.00000729. The van der Waals surface area contributed by atoms with Crippen LogP contribution in [-0.2, 0) is 18.7 Å². The summed E-state index contributed by atoms with van der Waals surface area (Å²) in [7, 11) is 4.06. The van der Waals surface area contributed by atoms with Gasteiger partial charge in [0.05, 0.1) is 5.37 Å². The Morgan fingerprint density at radius 2 is 1.47 bits per heavy atom. The topological polar surface area (TPSA) is 8.17 Å². The number of likely N-dealkylation sites (N-methyl/N-ethyl adjacent to an activating group) is 1. The van der Waals surface area contributed by atoms with Crippen LogP contribution >= 0.6 is 35.6 Å². The number of hydrogen-bond acceptors (Lipinski definition) is 3. The first-order chi connectivity index (χ1) is 16.7. The van der Waals surface area contributed by atoms with Crippen LogP contribution in [0, 0.1) is 32.3 Å². The Morgan fingerprint density at radius 1 is 0.861 bits per heavy atom. The fourth-order valence-electron chi connectivity index (χ4n) is 3.32. The number of nitrogens with zero attached hydrogens (tertiary/aromatic N) is 2. The van der Waals surface area contributed by atoms with E-state index >= 15 is 0 Å². The van der Waals surface area contributed by atoms with Gasteiger partial charge in [-0.15, -0.1) is 23.4 Å². The molecule has 0 radical (unpaired) electrons. The van der Waals surface area contributed by atoms with E-state index < -0.39 is 0 Å². The van der Waals surface area contributed by atoms with E-state index in [-0.39, 0.29) is 12.4 Å². The average Bonchev–Trinajstić information content (AvgIpc) is 2.85. The Hall–Kier alpha value is -1.98. The molecule has 1 unspecified atom stereocenters. The zero-order chi connectivity index (χ0) is 25.8. The van der Waals surface area contributed by atoms with Crippen molar-refractivity contribution >= 4 is 35.6 Å². The highest BCUT2D eigenvalue weighted by molar-refractivity contribution is 7.99. The molecule has 0 N–H and O–H groups in total. The van der Waals surface area contributed by atoms with Gasteiger partial charge in [-0.1, -0.05) is 78.0 Å². The summed E-state index contributed by atoms with van der Waals surface area (Å²) in [4.78, 5) is 2.25. The minimum absolute atomic E-state index is 0. The van der Waals surface area contributed by atoms with Crippen LogP contribution < -0.4 is 12.4 Å². The lowest BCUT2D eigenvalue weighted by Gasteiger charge is -2.25. The Balaban J connectivity index is 0.000000291. The van der Waals surface area contributed by atoms with Crippen molar-refractivity contribution in [3.8, 4) is 0 Å². The van der Waals surface area contributed by atoms with Crippen molar-refractivity contribution in [2.45, 2.75) is 44.7 Å². The minimum Gasteiger partial charge on any atom is -1.00 e. The number of allylic oxidation sites excluding steroid dienone is 2. The first kappa shape index (κ1) is 32.0. The second kappa shape index (κ2) is 16.7. The van der Waals surface area contributed by atoms with E-state index in [1.54, 1.807) is 0 Å². The molecule has 36 heavy (non-hydrogen) atoms. The van der Waals surface area contributed by atoms with Crippen LogP contribution in [0.1, 0.15) is 33.4 Å². The zero-order valence-corrected chi connectivity index (χ0v) is 25.2. The normalized spacial score (nSPS) is 13.6. The Morgan fingerprint density at radius 3 is 1.97 bits per heavy atom. The number of thioether (sulfide) groups is 1. The van der Waals surface area contributed by atoms with E-state index in [9.17, 15) is 0 Å². The smallest absolute Gasteiger partial charge is 0.105 e. The summed E-state index contributed by atoms with van der Waals surface area (Å²) >= 11 is 12.6. The highest BCUT2D eigenvalue weighted by atomic mass is 35.5. The van der Waals surface area contributed by atoms with Gasteiger partial charge >= 0.3 is 0 Å². The Kier molecular flexibility index (Phi) is 14.9. The monoisotopic (exact) mass is 559 g/mol. The molecule has 2 heterocycles. The maximum atomic E-state index is 5.70. The van der Waals surface area contributed by atoms with Crippen LogP contribution in [0.5, 0.6) is 0 Å². The standard InChI is InChI=1S/C15H19NS.C9H11Cl.C6H7NS.ClH/c1-12-7-8-13(2)14(10-12)11-17-15-6-4-5-9-16(15)3;1-7-3-4-8(2)9(5-7)6-10;1-7-5-3-2-4-6(7)8;/h4-10,15H,11H2,1-3H3;3-5H,6H2,1-2H3;2-5H,1H3;1H/p-1. The molecule has 4 rings (SSSR count). The Labute approximate surface area is 238 Å². The van der Waals surface area contributed by atoms with Crippen molar-refractivity contribution in [3.05, 3.63) is 123 Å². The van der Waals surface area contributed by atoms with Crippen LogP contribution in [0.15, 0.2) is 85.2 Å². The summed E-state index contributed by atoms with van der Waals surface area (Å²) in [6.07, 6.45) is 10.5. The predicted octanol–water partition coefficient (Wildman–Crippen LogP) is 5.68. The van der Waals surface area contributed by atoms with E-state index in [4.69, 9.17) is 23.8 Å². The van der Waals surface area contributed by atoms with E-state index in [1.807, 2.05) is 47.8 Å². The molecule has 6 heteroatoms. The number of halogens is 2. The van der Waals surface area contributed by atoms with Gasteiger partial charge in [0.1, 0.15) is 4.64 Å². The third-order valence-corrected chi connectivity index (χ3v) is 7.70. The van der Waals surface area contributed by atoms with Crippen molar-refractivity contribution in [1.82, 2.24) is 9.47 Å². The molecule has 194 valence electrons. The van der Waals surface area contributed by atoms with E-state index in [2.05, 4.69) is 100 Å². The van der Waals surface area contributed by atoms with Crippen LogP contribution in [-0.4, -0.2) is 21.9 Å². The molecule has 0 saturated heterocycles. The van der Waals surface area contributed by atoms with Gasteiger partial charge in [0.15, 0.2) is 0 Å². The largest absolute Gasteiger partial charge is 1.00 e. The summed E-state index contributed by atoms with van der Waals surface area (Å²) in [6.45, 7) is 8.51. The number of rotatable bonds is 4. The molecule has 1 aliphatic heterocycles.